The maximum absolute atomic E-state index is 13.2. The minimum Gasteiger partial charge on any atom is -0.387 e. The Hall–Kier alpha value is -0.160. The van der Waals surface area contributed by atoms with Crippen molar-refractivity contribution in [3.63, 3.8) is 0 Å². The van der Waals surface area contributed by atoms with E-state index in [2.05, 4.69) is 62.3 Å². The Balaban J connectivity index is 2.38. The topological polar surface area (TPSA) is 86.7 Å². The number of hydrogen-bond acceptors (Lipinski definition) is 4. The Morgan fingerprint density at radius 1 is 0.543 bits per heavy atom. The SMILES string of the molecule is CC1CCC(C(C)C)C(O)(C(N)(C2(O)CC(C)CCC2C(C)C)C2(O)CC(C)CCC2C(C)C)C1. The van der Waals surface area contributed by atoms with Crippen LogP contribution in [0.3, 0.4) is 0 Å². The maximum Gasteiger partial charge on any atom is 0.104 e. The normalized spacial score (nSPS) is 47.3. The van der Waals surface area contributed by atoms with E-state index in [1.54, 1.807) is 0 Å². The van der Waals surface area contributed by atoms with Crippen LogP contribution in [0.2, 0.25) is 0 Å². The Kier molecular flexibility index (Phi) is 8.56. The van der Waals surface area contributed by atoms with Gasteiger partial charge in [0, 0.05) is 0 Å². The fraction of sp³-hybridized carbons (Fsp3) is 1.00. The standard InChI is InChI=1S/C31H59NO3/c1-19(2)25-13-10-22(7)16-28(25,33)31(32,29(34)17-23(8)11-14-26(29)20(3)4)30(35)18-24(9)12-15-27(30)21(5)6/h19-27,33-35H,10-18,32H2,1-9H3. The number of aliphatic hydroxyl groups is 3. The van der Waals surface area contributed by atoms with E-state index in [4.69, 9.17) is 5.73 Å². The van der Waals surface area contributed by atoms with Crippen molar-refractivity contribution in [2.45, 2.75) is 142 Å². The molecular formula is C31H59NO3. The van der Waals surface area contributed by atoms with E-state index in [-0.39, 0.29) is 35.5 Å². The van der Waals surface area contributed by atoms with Gasteiger partial charge in [0.1, 0.15) is 5.54 Å². The molecule has 3 rings (SSSR count). The van der Waals surface area contributed by atoms with E-state index in [1.807, 2.05) is 0 Å². The molecule has 9 atom stereocenters. The lowest BCUT2D eigenvalue weighted by Crippen LogP contribution is -2.88. The summed E-state index contributed by atoms with van der Waals surface area (Å²) in [7, 11) is 0. The van der Waals surface area contributed by atoms with Gasteiger partial charge in [-0.15, -0.1) is 0 Å². The minimum atomic E-state index is -1.51. The fourth-order valence-corrected chi connectivity index (χ4v) is 9.60. The summed E-state index contributed by atoms with van der Waals surface area (Å²) >= 11 is 0. The monoisotopic (exact) mass is 493 g/mol. The molecule has 4 nitrogen and oxygen atoms in total. The van der Waals surface area contributed by atoms with Gasteiger partial charge < -0.3 is 21.1 Å². The van der Waals surface area contributed by atoms with Gasteiger partial charge in [0.05, 0.1) is 16.8 Å². The maximum atomic E-state index is 13.2. The molecule has 0 aromatic heterocycles. The summed E-state index contributed by atoms with van der Waals surface area (Å²) in [6.45, 7) is 19.8. The van der Waals surface area contributed by atoms with Gasteiger partial charge in [0.2, 0.25) is 0 Å². The molecular weight excluding hydrogens is 434 g/mol. The van der Waals surface area contributed by atoms with Crippen molar-refractivity contribution in [1.82, 2.24) is 0 Å². The summed E-state index contributed by atoms with van der Waals surface area (Å²) in [5.74, 6) is 1.44. The third-order valence-electron chi connectivity index (χ3n) is 11.2. The third-order valence-corrected chi connectivity index (χ3v) is 11.2. The van der Waals surface area contributed by atoms with E-state index in [9.17, 15) is 15.3 Å². The zero-order chi connectivity index (χ0) is 26.6. The van der Waals surface area contributed by atoms with Crippen molar-refractivity contribution in [2.75, 3.05) is 0 Å². The van der Waals surface area contributed by atoms with Gasteiger partial charge in [-0.25, -0.2) is 0 Å². The van der Waals surface area contributed by atoms with Gasteiger partial charge in [-0.3, -0.25) is 0 Å². The first kappa shape index (κ1) is 29.4. The molecule has 0 saturated heterocycles. The van der Waals surface area contributed by atoms with Gasteiger partial charge in [0.15, 0.2) is 0 Å². The summed E-state index contributed by atoms with van der Waals surface area (Å²) in [5, 5.41) is 39.5. The van der Waals surface area contributed by atoms with Gasteiger partial charge in [-0.2, -0.15) is 0 Å². The molecule has 0 radical (unpaired) electrons. The van der Waals surface area contributed by atoms with Gasteiger partial charge in [-0.05, 0) is 91.8 Å². The molecule has 5 N–H and O–H groups in total. The minimum absolute atomic E-state index is 0.0492. The molecule has 35 heavy (non-hydrogen) atoms. The molecule has 0 heterocycles. The van der Waals surface area contributed by atoms with Crippen LogP contribution in [-0.2, 0) is 0 Å². The Bertz CT molecular complexity index is 629. The lowest BCUT2D eigenvalue weighted by atomic mass is 9.41. The smallest absolute Gasteiger partial charge is 0.104 e. The van der Waals surface area contributed by atoms with Crippen LogP contribution in [0.25, 0.3) is 0 Å². The van der Waals surface area contributed by atoms with Crippen molar-refractivity contribution >= 4 is 0 Å². The van der Waals surface area contributed by atoms with Gasteiger partial charge >= 0.3 is 0 Å². The molecule has 0 amide bonds. The zero-order valence-electron chi connectivity index (χ0n) is 24.5. The first-order valence-corrected chi connectivity index (χ1v) is 15.0. The lowest BCUT2D eigenvalue weighted by molar-refractivity contribution is -0.304. The van der Waals surface area contributed by atoms with Crippen molar-refractivity contribution in [3.8, 4) is 0 Å². The molecule has 3 saturated carbocycles. The zero-order valence-corrected chi connectivity index (χ0v) is 24.5. The highest BCUT2D eigenvalue weighted by Crippen LogP contribution is 2.62. The van der Waals surface area contributed by atoms with E-state index >= 15 is 0 Å². The van der Waals surface area contributed by atoms with Crippen LogP contribution >= 0.6 is 0 Å². The molecule has 3 fully saturated rings. The average Bonchev–Trinajstić information content (AvgIpc) is 2.71. The second-order valence-electron chi connectivity index (χ2n) is 14.8. The summed E-state index contributed by atoms with van der Waals surface area (Å²) in [6, 6.07) is 0. The highest BCUT2D eigenvalue weighted by Gasteiger charge is 2.75. The molecule has 9 unspecified atom stereocenters. The second-order valence-corrected chi connectivity index (χ2v) is 14.8. The Morgan fingerprint density at radius 3 is 0.971 bits per heavy atom. The predicted molar refractivity (Wildman–Crippen MR) is 146 cm³/mol. The molecule has 0 aromatic rings. The highest BCUT2D eigenvalue weighted by molar-refractivity contribution is 5.30. The molecule has 4 heteroatoms. The van der Waals surface area contributed by atoms with E-state index in [0.717, 1.165) is 38.5 Å². The third kappa shape index (κ3) is 4.55. The summed E-state index contributed by atoms with van der Waals surface area (Å²) in [4.78, 5) is 0. The van der Waals surface area contributed by atoms with Crippen LogP contribution in [0, 0.1) is 53.3 Å². The number of nitrogens with two attached hydrogens (primary N) is 1. The Morgan fingerprint density at radius 2 is 0.771 bits per heavy atom. The molecule has 0 aliphatic heterocycles. The molecule has 3 aliphatic carbocycles. The highest BCUT2D eigenvalue weighted by atomic mass is 16.3. The van der Waals surface area contributed by atoms with Crippen LogP contribution in [0.1, 0.15) is 120 Å². The first-order chi connectivity index (χ1) is 16.0. The van der Waals surface area contributed by atoms with Crippen molar-refractivity contribution in [1.29, 1.82) is 0 Å². The largest absolute Gasteiger partial charge is 0.387 e. The van der Waals surface area contributed by atoms with Crippen LogP contribution in [0.4, 0.5) is 0 Å². The van der Waals surface area contributed by atoms with Crippen molar-refractivity contribution in [3.05, 3.63) is 0 Å². The molecule has 0 spiro atoms. The van der Waals surface area contributed by atoms with Crippen LogP contribution < -0.4 is 5.73 Å². The quantitative estimate of drug-likeness (QED) is 0.357. The van der Waals surface area contributed by atoms with E-state index in [1.165, 1.54) is 0 Å². The van der Waals surface area contributed by atoms with Gasteiger partial charge in [0.25, 0.3) is 0 Å². The van der Waals surface area contributed by atoms with E-state index in [0.29, 0.717) is 37.0 Å². The van der Waals surface area contributed by atoms with Crippen molar-refractivity contribution in [2.24, 2.45) is 59.0 Å². The van der Waals surface area contributed by atoms with Crippen LogP contribution in [0.5, 0.6) is 0 Å². The molecule has 3 aliphatic rings. The predicted octanol–water partition coefficient (Wildman–Crippen LogP) is 6.15. The molecule has 206 valence electrons. The van der Waals surface area contributed by atoms with Gasteiger partial charge in [-0.1, -0.05) is 81.6 Å². The van der Waals surface area contributed by atoms with Crippen LogP contribution in [-0.4, -0.2) is 37.7 Å². The first-order valence-electron chi connectivity index (χ1n) is 15.0. The fourth-order valence-electron chi connectivity index (χ4n) is 9.60. The molecule has 0 bridgehead atoms. The summed E-state index contributed by atoms with van der Waals surface area (Å²) in [6.07, 6.45) is 7.52. The summed E-state index contributed by atoms with van der Waals surface area (Å²) in [5.41, 5.74) is 2.33. The summed E-state index contributed by atoms with van der Waals surface area (Å²) < 4.78 is 0. The number of hydrogen-bond donors (Lipinski definition) is 4. The second kappa shape index (κ2) is 10.2. The molecule has 0 aromatic carbocycles. The lowest BCUT2D eigenvalue weighted by Gasteiger charge is -2.70. The van der Waals surface area contributed by atoms with Crippen LogP contribution in [0.15, 0.2) is 0 Å². The Labute approximate surface area is 216 Å². The average molecular weight is 494 g/mol. The number of rotatable bonds is 6. The van der Waals surface area contributed by atoms with E-state index < -0.39 is 22.3 Å². The van der Waals surface area contributed by atoms with Crippen molar-refractivity contribution < 1.29 is 15.3 Å².